The average molecular weight is 630 g/mol. The van der Waals surface area contributed by atoms with E-state index in [1.54, 1.807) is 0 Å². The Morgan fingerprint density at radius 2 is 1.18 bits per heavy atom. The fourth-order valence-corrected chi connectivity index (χ4v) is 7.23. The zero-order valence-electron chi connectivity index (χ0n) is 26.9. The fourth-order valence-electron chi connectivity index (χ4n) is 7.23. The van der Waals surface area contributed by atoms with Gasteiger partial charge in [-0.15, -0.1) is 0 Å². The highest BCUT2D eigenvalue weighted by atomic mass is 14.8. The van der Waals surface area contributed by atoms with Crippen LogP contribution in [-0.2, 0) is 0 Å². The van der Waals surface area contributed by atoms with Crippen LogP contribution in [0.1, 0.15) is 18.1 Å². The monoisotopic (exact) mass is 629 g/mol. The number of fused-ring (bicyclic) bond motifs is 6. The fraction of sp³-hybridized carbons (Fsp3) is 0.0682. The van der Waals surface area contributed by atoms with Crippen LogP contribution in [0.15, 0.2) is 145 Å². The summed E-state index contributed by atoms with van der Waals surface area (Å²) in [5.74, 6) is 0.259. The molecule has 5 heteroatoms. The minimum atomic E-state index is 0.0287. The number of aromatic nitrogens is 3. The number of allylic oxidation sites excluding steroid dienone is 5. The van der Waals surface area contributed by atoms with E-state index in [9.17, 15) is 5.41 Å². The first kappa shape index (κ1) is 28.9. The highest BCUT2D eigenvalue weighted by molar-refractivity contribution is 6.55. The van der Waals surface area contributed by atoms with Gasteiger partial charge < -0.3 is 0 Å². The Bertz CT molecular complexity index is 2600. The number of benzene rings is 4. The topological polar surface area (TPSA) is 86.4 Å². The van der Waals surface area contributed by atoms with E-state index in [2.05, 4.69) is 98.0 Å². The first-order chi connectivity index (χ1) is 24.0. The van der Waals surface area contributed by atoms with Crippen molar-refractivity contribution in [3.05, 3.63) is 156 Å². The van der Waals surface area contributed by atoms with Gasteiger partial charge in [-0.1, -0.05) is 128 Å². The zero-order valence-corrected chi connectivity index (χ0v) is 26.9. The highest BCUT2D eigenvalue weighted by Crippen LogP contribution is 2.40. The number of hydrogen-bond donors (Lipinski definition) is 2. The molecular weight excluding hydrogens is 599 g/mol. The van der Waals surface area contributed by atoms with Gasteiger partial charge in [0.1, 0.15) is 0 Å². The second-order valence-corrected chi connectivity index (χ2v) is 12.8. The Kier molecular flexibility index (Phi) is 6.73. The molecule has 2 N–H and O–H groups in total. The van der Waals surface area contributed by atoms with E-state index in [0.29, 0.717) is 0 Å². The van der Waals surface area contributed by atoms with Crippen molar-refractivity contribution in [1.82, 2.24) is 15.0 Å². The first-order valence-electron chi connectivity index (χ1n) is 16.6. The lowest BCUT2D eigenvalue weighted by Gasteiger charge is -2.29. The van der Waals surface area contributed by atoms with Crippen molar-refractivity contribution in [3.63, 3.8) is 0 Å². The zero-order chi connectivity index (χ0) is 33.1. The van der Waals surface area contributed by atoms with Crippen LogP contribution in [-0.4, -0.2) is 26.4 Å². The molecule has 5 nitrogen and oxygen atoms in total. The molecule has 49 heavy (non-hydrogen) atoms. The van der Waals surface area contributed by atoms with Crippen LogP contribution < -0.4 is 0 Å². The van der Waals surface area contributed by atoms with Crippen LogP contribution in [0.2, 0.25) is 0 Å². The Morgan fingerprint density at radius 1 is 0.571 bits per heavy atom. The maximum Gasteiger partial charge on any atom is 0.0972 e. The predicted octanol–water partition coefficient (Wildman–Crippen LogP) is 10.5. The first-order valence-corrected chi connectivity index (χ1v) is 16.6. The van der Waals surface area contributed by atoms with Gasteiger partial charge in [-0.2, -0.15) is 0 Å². The third-order valence-corrected chi connectivity index (χ3v) is 9.81. The van der Waals surface area contributed by atoms with Crippen molar-refractivity contribution in [2.24, 2.45) is 11.8 Å². The highest BCUT2D eigenvalue weighted by Gasteiger charge is 2.32. The Morgan fingerprint density at radius 3 is 1.86 bits per heavy atom. The summed E-state index contributed by atoms with van der Waals surface area (Å²) >= 11 is 0. The number of hydrogen-bond acceptors (Lipinski definition) is 5. The molecule has 0 radical (unpaired) electrons. The van der Waals surface area contributed by atoms with Gasteiger partial charge in [-0.25, -0.2) is 15.0 Å². The van der Waals surface area contributed by atoms with Gasteiger partial charge in [0.2, 0.25) is 0 Å². The van der Waals surface area contributed by atoms with Crippen LogP contribution in [0.5, 0.6) is 0 Å². The van der Waals surface area contributed by atoms with E-state index in [1.165, 1.54) is 0 Å². The summed E-state index contributed by atoms with van der Waals surface area (Å²) in [7, 11) is 0. The van der Waals surface area contributed by atoms with Crippen LogP contribution in [0, 0.1) is 22.7 Å². The second-order valence-electron chi connectivity index (χ2n) is 12.8. The van der Waals surface area contributed by atoms with E-state index in [4.69, 9.17) is 20.4 Å². The lowest BCUT2D eigenvalue weighted by atomic mass is 9.75. The molecule has 0 spiro atoms. The molecule has 7 aromatic rings. The van der Waals surface area contributed by atoms with Crippen molar-refractivity contribution in [2.75, 3.05) is 0 Å². The van der Waals surface area contributed by atoms with Crippen LogP contribution in [0.25, 0.3) is 72.6 Å². The summed E-state index contributed by atoms with van der Waals surface area (Å²) in [6, 6.07) is 39.1. The average Bonchev–Trinajstić information content (AvgIpc) is 3.16. The number of pyridine rings is 3. The third-order valence-electron chi connectivity index (χ3n) is 9.81. The van der Waals surface area contributed by atoms with Gasteiger partial charge in [0.05, 0.1) is 45.1 Å². The maximum atomic E-state index is 9.34. The molecular formula is C44H31N5. The molecule has 0 amide bonds. The quantitative estimate of drug-likeness (QED) is 0.190. The summed E-state index contributed by atoms with van der Waals surface area (Å²) in [6.07, 6.45) is 10.5. The van der Waals surface area contributed by atoms with Gasteiger partial charge >= 0.3 is 0 Å². The molecule has 2 aliphatic carbocycles. The molecule has 3 heterocycles. The van der Waals surface area contributed by atoms with Gasteiger partial charge in [-0.05, 0) is 35.8 Å². The van der Waals surface area contributed by atoms with Crippen LogP contribution in [0.4, 0.5) is 0 Å². The molecule has 2 atom stereocenters. The Balaban J connectivity index is 1.23. The molecule has 9 rings (SSSR count). The molecule has 0 fully saturated rings. The van der Waals surface area contributed by atoms with Gasteiger partial charge in [0, 0.05) is 49.9 Å². The number of rotatable bonds is 4. The largest absolute Gasteiger partial charge is 0.298 e. The Labute approximate surface area is 284 Å². The smallest absolute Gasteiger partial charge is 0.0972 e. The Hall–Kier alpha value is -6.33. The molecule has 4 aromatic carbocycles. The van der Waals surface area contributed by atoms with E-state index in [0.717, 1.165) is 83.2 Å². The van der Waals surface area contributed by atoms with Gasteiger partial charge in [0.25, 0.3) is 0 Å². The molecule has 0 saturated heterocycles. The predicted molar refractivity (Wildman–Crippen MR) is 202 cm³/mol. The van der Waals surface area contributed by atoms with Crippen LogP contribution >= 0.6 is 0 Å². The van der Waals surface area contributed by atoms with E-state index in [-0.39, 0.29) is 23.3 Å². The number of nitrogens with zero attached hydrogens (tertiary/aromatic N) is 3. The summed E-state index contributed by atoms with van der Waals surface area (Å²) in [5, 5.41) is 21.4. The SMILES string of the molecule is CC1C=CC=CC1C1=Cc2c(-c3ccccc3)nc3cc(-c4ccc5ccc6ccc(-c7ccccc7)nc6c5n4)ccc3c2C(=N)C1=N. The lowest BCUT2D eigenvalue weighted by Crippen LogP contribution is -2.28. The maximum absolute atomic E-state index is 9.34. The van der Waals surface area contributed by atoms with Crippen molar-refractivity contribution in [2.45, 2.75) is 6.92 Å². The third kappa shape index (κ3) is 4.82. The molecule has 232 valence electrons. The molecule has 0 bridgehead atoms. The summed E-state index contributed by atoms with van der Waals surface area (Å²) in [6.45, 7) is 2.16. The van der Waals surface area contributed by atoms with E-state index < -0.39 is 0 Å². The van der Waals surface area contributed by atoms with Crippen LogP contribution in [0.3, 0.4) is 0 Å². The summed E-state index contributed by atoms with van der Waals surface area (Å²) in [5.41, 5.74) is 11.0. The van der Waals surface area contributed by atoms with Crippen molar-refractivity contribution in [1.29, 1.82) is 10.8 Å². The minimum absolute atomic E-state index is 0.0287. The van der Waals surface area contributed by atoms with Crippen molar-refractivity contribution >= 4 is 50.2 Å². The summed E-state index contributed by atoms with van der Waals surface area (Å²) in [4.78, 5) is 15.5. The van der Waals surface area contributed by atoms with Gasteiger partial charge in [-0.3, -0.25) is 10.8 Å². The molecule has 0 saturated carbocycles. The second kappa shape index (κ2) is 11.4. The van der Waals surface area contributed by atoms with E-state index >= 15 is 0 Å². The molecule has 2 aliphatic rings. The number of nitrogens with one attached hydrogen (secondary N) is 2. The normalized spacial score (nSPS) is 17.1. The molecule has 0 aliphatic heterocycles. The lowest BCUT2D eigenvalue weighted by molar-refractivity contribution is 0.594. The standard InChI is InChI=1S/C44H31N5/c1-26-10-8-9-15-32(26)34-25-35-39(41(46)40(34)45)33-21-18-31(24-38(33)49-42(35)28-13-6-3-7-14-28)37-23-20-30-17-16-29-19-22-36(27-11-4-2-5-12-27)47-43(29)44(30)48-37/h2-26,32,45-46H,1H3. The summed E-state index contributed by atoms with van der Waals surface area (Å²) < 4.78 is 0. The minimum Gasteiger partial charge on any atom is -0.298 e. The van der Waals surface area contributed by atoms with Crippen molar-refractivity contribution < 1.29 is 0 Å². The van der Waals surface area contributed by atoms with Gasteiger partial charge in [0.15, 0.2) is 0 Å². The molecule has 2 unspecified atom stereocenters. The van der Waals surface area contributed by atoms with Crippen molar-refractivity contribution in [3.8, 4) is 33.8 Å². The van der Waals surface area contributed by atoms with E-state index in [1.807, 2.05) is 54.6 Å². The molecule has 3 aromatic heterocycles.